The van der Waals surface area contributed by atoms with Crippen LogP contribution in [0, 0.1) is 5.82 Å². The van der Waals surface area contributed by atoms with Crippen LogP contribution in [0.5, 0.6) is 0 Å². The summed E-state index contributed by atoms with van der Waals surface area (Å²) in [4.78, 5) is 4.23. The third-order valence-electron chi connectivity index (χ3n) is 2.90. The molecule has 19 heavy (non-hydrogen) atoms. The van der Waals surface area contributed by atoms with Crippen molar-refractivity contribution >= 4 is 5.82 Å². The van der Waals surface area contributed by atoms with Crippen LogP contribution in [0.2, 0.25) is 0 Å². The van der Waals surface area contributed by atoms with Crippen molar-refractivity contribution in [3.8, 4) is 22.5 Å². The highest BCUT2D eigenvalue weighted by Gasteiger charge is 2.18. The highest BCUT2D eigenvalue weighted by Crippen LogP contribution is 2.35. The van der Waals surface area contributed by atoms with E-state index < -0.39 is 0 Å². The van der Waals surface area contributed by atoms with Crippen LogP contribution in [0.4, 0.5) is 10.2 Å². The molecule has 0 aliphatic rings. The van der Waals surface area contributed by atoms with Crippen molar-refractivity contribution in [3.63, 3.8) is 0 Å². The number of aryl methyl sites for hydroxylation is 1. The van der Waals surface area contributed by atoms with Gasteiger partial charge >= 0.3 is 0 Å². The van der Waals surface area contributed by atoms with E-state index in [4.69, 9.17) is 5.73 Å². The molecule has 5 nitrogen and oxygen atoms in total. The Hall–Kier alpha value is -2.63. The first-order chi connectivity index (χ1) is 9.16. The first-order valence-corrected chi connectivity index (χ1v) is 5.74. The molecule has 0 radical (unpaired) electrons. The van der Waals surface area contributed by atoms with Crippen molar-refractivity contribution in [2.45, 2.75) is 0 Å². The largest absolute Gasteiger partial charge is 0.382 e. The Kier molecular flexibility index (Phi) is 2.56. The van der Waals surface area contributed by atoms with E-state index in [-0.39, 0.29) is 11.6 Å². The van der Waals surface area contributed by atoms with Gasteiger partial charge in [-0.25, -0.2) is 9.37 Å². The predicted octanol–water partition coefficient (Wildman–Crippen LogP) is 2.20. The molecule has 0 aliphatic carbocycles. The Balaban J connectivity index is 2.22. The van der Waals surface area contributed by atoms with Gasteiger partial charge in [0.1, 0.15) is 11.5 Å². The maximum absolute atomic E-state index is 13.9. The van der Waals surface area contributed by atoms with Gasteiger partial charge in [-0.1, -0.05) is 18.2 Å². The fourth-order valence-electron chi connectivity index (χ4n) is 2.02. The molecule has 2 heterocycles. The summed E-state index contributed by atoms with van der Waals surface area (Å²) in [5, 5.41) is 6.77. The van der Waals surface area contributed by atoms with Gasteiger partial charge in [0.05, 0.1) is 17.6 Å². The molecule has 0 unspecified atom stereocenters. The number of aromatic amines is 1. The smallest absolute Gasteiger partial charge is 0.153 e. The molecule has 1 aromatic carbocycles. The lowest BCUT2D eigenvalue weighted by molar-refractivity contribution is 0.631. The fraction of sp³-hybridized carbons (Fsp3) is 0.0769. The molecule has 0 atom stereocenters. The van der Waals surface area contributed by atoms with E-state index in [1.165, 1.54) is 6.07 Å². The lowest BCUT2D eigenvalue weighted by Crippen LogP contribution is -1.91. The number of benzene rings is 1. The van der Waals surface area contributed by atoms with Crippen LogP contribution in [0.25, 0.3) is 22.5 Å². The second-order valence-electron chi connectivity index (χ2n) is 4.26. The number of rotatable bonds is 2. The van der Waals surface area contributed by atoms with Gasteiger partial charge in [-0.2, -0.15) is 5.10 Å². The quantitative estimate of drug-likeness (QED) is 0.739. The number of nitrogens with one attached hydrogen (secondary N) is 1. The molecule has 0 fully saturated rings. The normalized spacial score (nSPS) is 10.8. The van der Waals surface area contributed by atoms with Crippen LogP contribution >= 0.6 is 0 Å². The Morgan fingerprint density at radius 3 is 2.79 bits per heavy atom. The van der Waals surface area contributed by atoms with E-state index in [2.05, 4.69) is 15.2 Å². The molecular formula is C13H12FN5. The zero-order valence-corrected chi connectivity index (χ0v) is 10.3. The first kappa shape index (κ1) is 11.5. The third-order valence-corrected chi connectivity index (χ3v) is 2.90. The second kappa shape index (κ2) is 4.24. The SMILES string of the molecule is Cn1cnc(-c2[nH]nc(N)c2-c2ccccc2F)c1. The highest BCUT2D eigenvalue weighted by atomic mass is 19.1. The van der Waals surface area contributed by atoms with E-state index in [1.54, 1.807) is 29.1 Å². The van der Waals surface area contributed by atoms with Crippen molar-refractivity contribution < 1.29 is 4.39 Å². The Morgan fingerprint density at radius 2 is 2.11 bits per heavy atom. The van der Waals surface area contributed by atoms with Gasteiger partial charge in [0.2, 0.25) is 0 Å². The fourth-order valence-corrected chi connectivity index (χ4v) is 2.02. The minimum absolute atomic E-state index is 0.255. The number of nitrogen functional groups attached to an aromatic ring is 1. The molecule has 0 saturated carbocycles. The summed E-state index contributed by atoms with van der Waals surface area (Å²) < 4.78 is 15.7. The Labute approximate surface area is 108 Å². The average Bonchev–Trinajstić information content (AvgIpc) is 2.96. The van der Waals surface area contributed by atoms with Crippen molar-refractivity contribution in [1.29, 1.82) is 0 Å². The van der Waals surface area contributed by atoms with Gasteiger partial charge in [0.15, 0.2) is 5.82 Å². The minimum Gasteiger partial charge on any atom is -0.382 e. The molecule has 3 N–H and O–H groups in total. The topological polar surface area (TPSA) is 72.5 Å². The molecule has 0 spiro atoms. The van der Waals surface area contributed by atoms with Gasteiger partial charge in [-0.15, -0.1) is 0 Å². The molecule has 0 aliphatic heterocycles. The van der Waals surface area contributed by atoms with Crippen molar-refractivity contribution in [2.75, 3.05) is 5.73 Å². The van der Waals surface area contributed by atoms with Crippen LogP contribution < -0.4 is 5.73 Å². The van der Waals surface area contributed by atoms with Crippen LogP contribution in [0.1, 0.15) is 0 Å². The number of H-pyrrole nitrogens is 1. The maximum Gasteiger partial charge on any atom is 0.153 e. The zero-order valence-electron chi connectivity index (χ0n) is 10.3. The number of aromatic nitrogens is 4. The van der Waals surface area contributed by atoms with Gasteiger partial charge in [0, 0.05) is 18.8 Å². The number of imidazole rings is 1. The van der Waals surface area contributed by atoms with Crippen LogP contribution in [0.3, 0.4) is 0 Å². The summed E-state index contributed by atoms with van der Waals surface area (Å²) in [6.07, 6.45) is 3.48. The second-order valence-corrected chi connectivity index (χ2v) is 4.26. The van der Waals surface area contributed by atoms with Crippen LogP contribution in [-0.2, 0) is 7.05 Å². The summed E-state index contributed by atoms with van der Waals surface area (Å²) >= 11 is 0. The lowest BCUT2D eigenvalue weighted by Gasteiger charge is -2.03. The van der Waals surface area contributed by atoms with Crippen molar-refractivity contribution in [3.05, 3.63) is 42.6 Å². The molecule has 3 rings (SSSR count). The average molecular weight is 257 g/mol. The lowest BCUT2D eigenvalue weighted by atomic mass is 10.0. The first-order valence-electron chi connectivity index (χ1n) is 5.74. The van der Waals surface area contributed by atoms with Gasteiger partial charge < -0.3 is 10.3 Å². The summed E-state index contributed by atoms with van der Waals surface area (Å²) in [7, 11) is 1.86. The molecule has 0 bridgehead atoms. The van der Waals surface area contributed by atoms with Crippen molar-refractivity contribution in [1.82, 2.24) is 19.7 Å². The molecular weight excluding hydrogens is 245 g/mol. The van der Waals surface area contributed by atoms with E-state index in [0.29, 0.717) is 22.5 Å². The summed E-state index contributed by atoms with van der Waals surface area (Å²) in [5.74, 6) is -0.0847. The number of nitrogens with zero attached hydrogens (tertiary/aromatic N) is 3. The summed E-state index contributed by atoms with van der Waals surface area (Å²) in [6.45, 7) is 0. The van der Waals surface area contributed by atoms with Gasteiger partial charge in [0.25, 0.3) is 0 Å². The van der Waals surface area contributed by atoms with Crippen LogP contribution in [-0.4, -0.2) is 19.7 Å². The Bertz CT molecular complexity index is 728. The standard InChI is InChI=1S/C13H12FN5/c1-19-6-10(16-7-19)12-11(13(15)18-17-12)8-4-2-3-5-9(8)14/h2-7H,1H3,(H3,15,17,18). The van der Waals surface area contributed by atoms with E-state index in [9.17, 15) is 4.39 Å². The molecule has 2 aromatic heterocycles. The summed E-state index contributed by atoms with van der Waals surface area (Å²) in [5.41, 5.74) is 8.08. The summed E-state index contributed by atoms with van der Waals surface area (Å²) in [6, 6.07) is 6.45. The predicted molar refractivity (Wildman–Crippen MR) is 70.6 cm³/mol. The number of nitrogens with two attached hydrogens (primary N) is 1. The highest BCUT2D eigenvalue weighted by molar-refractivity contribution is 5.86. The Morgan fingerprint density at radius 1 is 1.32 bits per heavy atom. The van der Waals surface area contributed by atoms with E-state index in [1.807, 2.05) is 13.2 Å². The molecule has 3 aromatic rings. The number of hydrogen-bond acceptors (Lipinski definition) is 3. The molecule has 0 amide bonds. The van der Waals surface area contributed by atoms with Gasteiger partial charge in [-0.3, -0.25) is 5.10 Å². The monoisotopic (exact) mass is 257 g/mol. The molecule has 6 heteroatoms. The molecule has 0 saturated heterocycles. The minimum atomic E-state index is -0.340. The number of anilines is 1. The van der Waals surface area contributed by atoms with Crippen molar-refractivity contribution in [2.24, 2.45) is 7.05 Å². The maximum atomic E-state index is 13.9. The zero-order chi connectivity index (χ0) is 13.4. The number of hydrogen-bond donors (Lipinski definition) is 2. The van der Waals surface area contributed by atoms with E-state index in [0.717, 1.165) is 0 Å². The molecule has 96 valence electrons. The number of halogens is 1. The third kappa shape index (κ3) is 1.87. The van der Waals surface area contributed by atoms with E-state index >= 15 is 0 Å². The van der Waals surface area contributed by atoms with Gasteiger partial charge in [-0.05, 0) is 6.07 Å². The van der Waals surface area contributed by atoms with Crippen LogP contribution in [0.15, 0.2) is 36.8 Å².